The molecule has 1 aromatic heterocycles. The van der Waals surface area contributed by atoms with Gasteiger partial charge in [0.25, 0.3) is 0 Å². The van der Waals surface area contributed by atoms with Crippen LogP contribution in [0.3, 0.4) is 0 Å². The molecule has 1 saturated carbocycles. The molecule has 18 heavy (non-hydrogen) atoms. The summed E-state index contributed by atoms with van der Waals surface area (Å²) in [5.41, 5.74) is 1.18. The molecule has 0 radical (unpaired) electrons. The summed E-state index contributed by atoms with van der Waals surface area (Å²) in [7, 11) is 0. The Morgan fingerprint density at radius 2 is 2.22 bits per heavy atom. The van der Waals surface area contributed by atoms with Gasteiger partial charge in [0, 0.05) is 6.04 Å². The Morgan fingerprint density at radius 3 is 2.72 bits per heavy atom. The van der Waals surface area contributed by atoms with E-state index in [1.165, 1.54) is 12.1 Å². The second-order valence-electron chi connectivity index (χ2n) is 5.72. The minimum absolute atomic E-state index is 0.354. The van der Waals surface area contributed by atoms with Crippen LogP contribution in [0.4, 0.5) is 0 Å². The van der Waals surface area contributed by atoms with E-state index in [1.807, 2.05) is 0 Å². The van der Waals surface area contributed by atoms with Crippen molar-refractivity contribution in [2.24, 2.45) is 11.8 Å². The molecule has 0 bridgehead atoms. The van der Waals surface area contributed by atoms with Gasteiger partial charge >= 0.3 is 0 Å². The molecule has 1 aliphatic carbocycles. The summed E-state index contributed by atoms with van der Waals surface area (Å²) in [6.07, 6.45) is 4.22. The van der Waals surface area contributed by atoms with Crippen LogP contribution >= 0.6 is 11.6 Å². The van der Waals surface area contributed by atoms with Crippen molar-refractivity contribution in [3.05, 3.63) is 16.9 Å². The minimum Gasteiger partial charge on any atom is -0.308 e. The van der Waals surface area contributed by atoms with Gasteiger partial charge in [-0.1, -0.05) is 25.4 Å². The summed E-state index contributed by atoms with van der Waals surface area (Å²) in [5, 5.41) is 8.88. The smallest absolute Gasteiger partial charge is 0.0834 e. The van der Waals surface area contributed by atoms with Crippen LogP contribution in [0.5, 0.6) is 0 Å². The van der Waals surface area contributed by atoms with Crippen LogP contribution in [0.25, 0.3) is 0 Å². The number of rotatable bonds is 6. The Bertz CT molecular complexity index is 400. The van der Waals surface area contributed by atoms with E-state index < -0.39 is 0 Å². The Morgan fingerprint density at radius 1 is 1.56 bits per heavy atom. The van der Waals surface area contributed by atoms with E-state index in [4.69, 9.17) is 11.6 Å². The fraction of sp³-hybridized carbons (Fsp3) is 0.786. The Balaban J connectivity index is 2.26. The highest BCUT2D eigenvalue weighted by molar-refractivity contribution is 6.31. The highest BCUT2D eigenvalue weighted by Crippen LogP contribution is 2.48. The Kier molecular flexibility index (Phi) is 4.33. The minimum atomic E-state index is 0.354. The first-order chi connectivity index (χ1) is 8.56. The van der Waals surface area contributed by atoms with Crippen molar-refractivity contribution >= 4 is 11.6 Å². The summed E-state index contributed by atoms with van der Waals surface area (Å²) in [6, 6.07) is 0.713. The van der Waals surface area contributed by atoms with Crippen LogP contribution in [0, 0.1) is 11.8 Å². The molecule has 0 aliphatic heterocycles. The first-order valence-corrected chi connectivity index (χ1v) is 7.40. The first kappa shape index (κ1) is 13.9. The molecule has 0 spiro atoms. The number of aromatic nitrogens is 2. The monoisotopic (exact) mass is 269 g/mol. The van der Waals surface area contributed by atoms with E-state index in [9.17, 15) is 0 Å². The molecule has 2 rings (SSSR count). The third-order valence-corrected chi connectivity index (χ3v) is 4.08. The maximum atomic E-state index is 6.36. The third kappa shape index (κ3) is 2.72. The molecule has 3 atom stereocenters. The van der Waals surface area contributed by atoms with Crippen LogP contribution in [0.15, 0.2) is 6.20 Å². The molecular formula is C14H24ClN3. The third-order valence-electron chi connectivity index (χ3n) is 3.78. The lowest BCUT2D eigenvalue weighted by Gasteiger charge is -2.22. The molecule has 3 unspecified atom stereocenters. The summed E-state index contributed by atoms with van der Waals surface area (Å²) < 4.78 is 2.07. The first-order valence-electron chi connectivity index (χ1n) is 7.02. The average Bonchev–Trinajstić information content (AvgIpc) is 2.90. The van der Waals surface area contributed by atoms with Gasteiger partial charge in [-0.15, -0.1) is 0 Å². The molecule has 1 aliphatic rings. The molecular weight excluding hydrogens is 246 g/mol. The largest absolute Gasteiger partial charge is 0.308 e. The van der Waals surface area contributed by atoms with Gasteiger partial charge < -0.3 is 5.32 Å². The zero-order valence-corrected chi connectivity index (χ0v) is 12.5. The van der Waals surface area contributed by atoms with Gasteiger partial charge in [0.05, 0.1) is 23.0 Å². The molecule has 102 valence electrons. The SMILES string of the molecule is CCCNC(c1c(Cl)cnn1C(C)C)C1CC1C. The molecule has 1 fully saturated rings. The molecule has 0 aromatic carbocycles. The number of nitrogens with zero attached hydrogens (tertiary/aromatic N) is 2. The summed E-state index contributed by atoms with van der Waals surface area (Å²) in [6.45, 7) is 9.85. The molecule has 1 aromatic rings. The maximum Gasteiger partial charge on any atom is 0.0834 e. The topological polar surface area (TPSA) is 29.9 Å². The molecule has 0 saturated heterocycles. The van der Waals surface area contributed by atoms with Crippen LogP contribution in [-0.2, 0) is 0 Å². The van der Waals surface area contributed by atoms with Crippen molar-refractivity contribution < 1.29 is 0 Å². The van der Waals surface area contributed by atoms with Crippen molar-refractivity contribution in [2.75, 3.05) is 6.54 Å². The van der Waals surface area contributed by atoms with Crippen molar-refractivity contribution in [1.29, 1.82) is 0 Å². The van der Waals surface area contributed by atoms with Gasteiger partial charge in [0.1, 0.15) is 0 Å². The predicted octanol–water partition coefficient (Wildman–Crippen LogP) is 3.81. The van der Waals surface area contributed by atoms with Crippen molar-refractivity contribution in [2.45, 2.75) is 52.6 Å². The fourth-order valence-electron chi connectivity index (χ4n) is 2.62. The maximum absolute atomic E-state index is 6.36. The van der Waals surface area contributed by atoms with Gasteiger partial charge in [-0.05, 0) is 45.1 Å². The zero-order chi connectivity index (χ0) is 13.3. The second-order valence-corrected chi connectivity index (χ2v) is 6.13. The van der Waals surface area contributed by atoms with Gasteiger partial charge in [-0.25, -0.2) is 0 Å². The van der Waals surface area contributed by atoms with E-state index >= 15 is 0 Å². The van der Waals surface area contributed by atoms with Gasteiger partial charge in [0.2, 0.25) is 0 Å². The highest BCUT2D eigenvalue weighted by atomic mass is 35.5. The van der Waals surface area contributed by atoms with Crippen molar-refractivity contribution in [3.63, 3.8) is 0 Å². The van der Waals surface area contributed by atoms with Crippen LogP contribution in [0.2, 0.25) is 5.02 Å². The normalized spacial score (nSPS) is 24.6. The lowest BCUT2D eigenvalue weighted by Crippen LogP contribution is -2.27. The van der Waals surface area contributed by atoms with Gasteiger partial charge in [-0.2, -0.15) is 5.10 Å². The van der Waals surface area contributed by atoms with Crippen LogP contribution < -0.4 is 5.32 Å². The van der Waals surface area contributed by atoms with E-state index in [2.05, 4.69) is 42.8 Å². The van der Waals surface area contributed by atoms with Gasteiger partial charge in [0.15, 0.2) is 0 Å². The predicted molar refractivity (Wildman–Crippen MR) is 75.9 cm³/mol. The molecule has 1 heterocycles. The lowest BCUT2D eigenvalue weighted by atomic mass is 10.1. The Labute approximate surface area is 115 Å². The van der Waals surface area contributed by atoms with E-state index in [0.29, 0.717) is 18.0 Å². The van der Waals surface area contributed by atoms with E-state index in [0.717, 1.165) is 23.9 Å². The molecule has 1 N–H and O–H groups in total. The Hall–Kier alpha value is -0.540. The molecule has 0 amide bonds. The fourth-order valence-corrected chi connectivity index (χ4v) is 2.87. The van der Waals surface area contributed by atoms with E-state index in [-0.39, 0.29) is 0 Å². The summed E-state index contributed by atoms with van der Waals surface area (Å²) in [5.74, 6) is 1.51. The molecule has 4 heteroatoms. The molecule has 3 nitrogen and oxygen atoms in total. The highest BCUT2D eigenvalue weighted by Gasteiger charge is 2.42. The number of nitrogens with one attached hydrogen (secondary N) is 1. The van der Waals surface area contributed by atoms with Crippen LogP contribution in [-0.4, -0.2) is 16.3 Å². The quantitative estimate of drug-likeness (QED) is 0.851. The van der Waals surface area contributed by atoms with Crippen molar-refractivity contribution in [1.82, 2.24) is 15.1 Å². The summed E-state index contributed by atoms with van der Waals surface area (Å²) >= 11 is 6.36. The van der Waals surface area contributed by atoms with Crippen molar-refractivity contribution in [3.8, 4) is 0 Å². The standard InChI is InChI=1S/C14H24ClN3/c1-5-6-16-13(11-7-10(11)4)14-12(15)8-17-18(14)9(2)3/h8-11,13,16H,5-7H2,1-4H3. The number of halogens is 1. The zero-order valence-electron chi connectivity index (χ0n) is 11.8. The summed E-state index contributed by atoms with van der Waals surface area (Å²) in [4.78, 5) is 0. The number of hydrogen-bond acceptors (Lipinski definition) is 2. The average molecular weight is 270 g/mol. The van der Waals surface area contributed by atoms with Gasteiger partial charge in [-0.3, -0.25) is 4.68 Å². The second kappa shape index (κ2) is 5.62. The van der Waals surface area contributed by atoms with Crippen LogP contribution in [0.1, 0.15) is 58.3 Å². The number of hydrogen-bond donors (Lipinski definition) is 1. The van der Waals surface area contributed by atoms with E-state index in [1.54, 1.807) is 6.20 Å². The lowest BCUT2D eigenvalue weighted by molar-refractivity contribution is 0.405.